The van der Waals surface area contributed by atoms with E-state index >= 15 is 0 Å². The maximum Gasteiger partial charge on any atom is 0.191 e. The van der Waals surface area contributed by atoms with Gasteiger partial charge in [0.05, 0.1) is 10.0 Å². The van der Waals surface area contributed by atoms with Crippen molar-refractivity contribution in [2.24, 2.45) is 12.0 Å². The van der Waals surface area contributed by atoms with Crippen molar-refractivity contribution in [3.63, 3.8) is 0 Å². The number of hydrogen-bond donors (Lipinski definition) is 2. The number of aromatic nitrogens is 2. The summed E-state index contributed by atoms with van der Waals surface area (Å²) in [6.45, 7) is 7.17. The van der Waals surface area contributed by atoms with E-state index in [1.54, 1.807) is 18.4 Å². The topological polar surface area (TPSA) is 54.2 Å². The van der Waals surface area contributed by atoms with E-state index in [0.29, 0.717) is 0 Å². The summed E-state index contributed by atoms with van der Waals surface area (Å²) >= 11 is 7.58. The van der Waals surface area contributed by atoms with Gasteiger partial charge in [-0.2, -0.15) is 5.10 Å². The van der Waals surface area contributed by atoms with Gasteiger partial charge in [0.1, 0.15) is 0 Å². The summed E-state index contributed by atoms with van der Waals surface area (Å²) in [6, 6.07) is 4.28. The summed E-state index contributed by atoms with van der Waals surface area (Å²) in [5.74, 6) is 0.823. The lowest BCUT2D eigenvalue weighted by Gasteiger charge is -2.18. The third-order valence-electron chi connectivity index (χ3n) is 4.07. The number of hydrogen-bond acceptors (Lipinski definition) is 3. The average molecular weight is 368 g/mol. The van der Waals surface area contributed by atoms with Gasteiger partial charge in [-0.05, 0) is 51.3 Å². The van der Waals surface area contributed by atoms with Crippen LogP contribution in [-0.2, 0) is 19.9 Å². The van der Waals surface area contributed by atoms with Gasteiger partial charge in [0.15, 0.2) is 5.96 Å². The van der Waals surface area contributed by atoms with Crippen molar-refractivity contribution in [2.75, 3.05) is 13.6 Å². The highest BCUT2D eigenvalue weighted by atomic mass is 35.5. The second-order valence-corrected chi connectivity index (χ2v) is 7.78. The lowest BCUT2D eigenvalue weighted by Crippen LogP contribution is -2.43. The maximum atomic E-state index is 5.96. The minimum absolute atomic E-state index is 0.272. The second-order valence-electron chi connectivity index (χ2n) is 5.98. The third-order valence-corrected chi connectivity index (χ3v) is 5.36. The molecular weight excluding hydrogens is 342 g/mol. The van der Waals surface area contributed by atoms with Gasteiger partial charge in [0.2, 0.25) is 0 Å². The highest BCUT2D eigenvalue weighted by molar-refractivity contribution is 7.16. The van der Waals surface area contributed by atoms with Crippen LogP contribution in [0.25, 0.3) is 0 Å². The van der Waals surface area contributed by atoms with Crippen LogP contribution in [-0.4, -0.2) is 35.4 Å². The van der Waals surface area contributed by atoms with E-state index in [1.807, 2.05) is 17.8 Å². The fourth-order valence-electron chi connectivity index (χ4n) is 2.69. The number of guanidine groups is 1. The molecule has 2 heterocycles. The lowest BCUT2D eigenvalue weighted by atomic mass is 10.1. The molecule has 0 radical (unpaired) electrons. The number of nitrogens with zero attached hydrogens (tertiary/aromatic N) is 3. The molecule has 0 aliphatic rings. The predicted octanol–water partition coefficient (Wildman–Crippen LogP) is 3.09. The first-order chi connectivity index (χ1) is 11.4. The summed E-state index contributed by atoms with van der Waals surface area (Å²) in [5.41, 5.74) is 3.63. The van der Waals surface area contributed by atoms with Crippen LogP contribution < -0.4 is 10.6 Å². The number of aryl methyl sites for hydroxylation is 2. The van der Waals surface area contributed by atoms with E-state index in [2.05, 4.69) is 47.6 Å². The Balaban J connectivity index is 1.83. The molecule has 5 nitrogen and oxygen atoms in total. The van der Waals surface area contributed by atoms with Gasteiger partial charge in [-0.25, -0.2) is 0 Å². The van der Waals surface area contributed by atoms with Gasteiger partial charge in [0, 0.05) is 37.3 Å². The molecule has 0 aliphatic carbocycles. The molecule has 1 unspecified atom stereocenters. The average Bonchev–Trinajstić information content (AvgIpc) is 3.05. The Bertz CT molecular complexity index is 704. The SMILES string of the molecule is CN=C(NCCc1ccc(Cl)s1)NC(C)Cc1c(C)nn(C)c1C. The molecule has 2 aromatic rings. The summed E-state index contributed by atoms with van der Waals surface area (Å²) in [5, 5.41) is 11.3. The van der Waals surface area contributed by atoms with E-state index in [9.17, 15) is 0 Å². The molecule has 1 atom stereocenters. The van der Waals surface area contributed by atoms with Crippen molar-refractivity contribution < 1.29 is 0 Å². The summed E-state index contributed by atoms with van der Waals surface area (Å²) in [6.07, 6.45) is 1.86. The van der Waals surface area contributed by atoms with E-state index in [-0.39, 0.29) is 6.04 Å². The molecule has 0 saturated carbocycles. The molecule has 0 aromatic carbocycles. The van der Waals surface area contributed by atoms with Crippen molar-refractivity contribution in [3.05, 3.63) is 38.3 Å². The zero-order valence-corrected chi connectivity index (χ0v) is 16.6. The lowest BCUT2D eigenvalue weighted by molar-refractivity contribution is 0.635. The van der Waals surface area contributed by atoms with Crippen molar-refractivity contribution in [2.45, 2.75) is 39.7 Å². The minimum atomic E-state index is 0.272. The van der Waals surface area contributed by atoms with Crippen molar-refractivity contribution in [1.29, 1.82) is 0 Å². The standard InChI is InChI=1S/C17H26ClN5S/c1-11(10-15-12(2)22-23(5)13(15)3)21-17(19-4)20-9-8-14-6-7-16(18)24-14/h6-7,11H,8-10H2,1-5H3,(H2,19,20,21). The van der Waals surface area contributed by atoms with Gasteiger partial charge in [-0.15, -0.1) is 11.3 Å². The molecular formula is C17H26ClN5S. The fraction of sp³-hybridized carbons (Fsp3) is 0.529. The Morgan fingerprint density at radius 1 is 1.42 bits per heavy atom. The predicted molar refractivity (Wildman–Crippen MR) is 103 cm³/mol. The van der Waals surface area contributed by atoms with Crippen molar-refractivity contribution in [1.82, 2.24) is 20.4 Å². The number of rotatable bonds is 6. The normalized spacial score (nSPS) is 13.2. The smallest absolute Gasteiger partial charge is 0.191 e. The monoisotopic (exact) mass is 367 g/mol. The zero-order chi connectivity index (χ0) is 17.7. The first-order valence-corrected chi connectivity index (χ1v) is 9.30. The van der Waals surface area contributed by atoms with Crippen LogP contribution in [0.1, 0.15) is 28.8 Å². The zero-order valence-electron chi connectivity index (χ0n) is 15.0. The van der Waals surface area contributed by atoms with Gasteiger partial charge in [-0.1, -0.05) is 11.6 Å². The van der Waals surface area contributed by atoms with Crippen molar-refractivity contribution >= 4 is 28.9 Å². The molecule has 0 bridgehead atoms. The first kappa shape index (κ1) is 18.8. The Kier molecular flexibility index (Phi) is 6.69. The van der Waals surface area contributed by atoms with Gasteiger partial charge in [-0.3, -0.25) is 9.67 Å². The van der Waals surface area contributed by atoms with Gasteiger partial charge < -0.3 is 10.6 Å². The highest BCUT2D eigenvalue weighted by Gasteiger charge is 2.13. The van der Waals surface area contributed by atoms with E-state index in [0.717, 1.165) is 35.4 Å². The largest absolute Gasteiger partial charge is 0.356 e. The molecule has 0 amide bonds. The Labute approximate surface area is 153 Å². The van der Waals surface area contributed by atoms with Crippen LogP contribution in [0.2, 0.25) is 4.34 Å². The van der Waals surface area contributed by atoms with Gasteiger partial charge >= 0.3 is 0 Å². The molecule has 0 aliphatic heterocycles. The maximum absolute atomic E-state index is 5.96. The summed E-state index contributed by atoms with van der Waals surface area (Å²) < 4.78 is 2.78. The Morgan fingerprint density at radius 2 is 2.17 bits per heavy atom. The van der Waals surface area contributed by atoms with Crippen LogP contribution in [0.4, 0.5) is 0 Å². The Hall–Kier alpha value is -1.53. The third kappa shape index (κ3) is 4.98. The summed E-state index contributed by atoms with van der Waals surface area (Å²) in [4.78, 5) is 5.58. The molecule has 0 spiro atoms. The Morgan fingerprint density at radius 3 is 2.71 bits per heavy atom. The molecule has 7 heteroatoms. The highest BCUT2D eigenvalue weighted by Crippen LogP contribution is 2.21. The van der Waals surface area contributed by atoms with E-state index in [4.69, 9.17) is 11.6 Å². The molecule has 2 rings (SSSR count). The van der Waals surface area contributed by atoms with E-state index in [1.165, 1.54) is 16.1 Å². The second kappa shape index (κ2) is 8.53. The van der Waals surface area contributed by atoms with E-state index < -0.39 is 0 Å². The summed E-state index contributed by atoms with van der Waals surface area (Å²) in [7, 11) is 3.78. The molecule has 2 aromatic heterocycles. The number of halogens is 1. The fourth-order valence-corrected chi connectivity index (χ4v) is 3.78. The molecule has 132 valence electrons. The minimum Gasteiger partial charge on any atom is -0.356 e. The molecule has 0 saturated heterocycles. The quantitative estimate of drug-likeness (QED) is 0.609. The molecule has 0 fully saturated rings. The van der Waals surface area contributed by atoms with Crippen LogP contribution in [0.3, 0.4) is 0 Å². The van der Waals surface area contributed by atoms with Crippen molar-refractivity contribution in [3.8, 4) is 0 Å². The molecule has 24 heavy (non-hydrogen) atoms. The number of aliphatic imine (C=N–C) groups is 1. The van der Waals surface area contributed by atoms with Crippen LogP contribution >= 0.6 is 22.9 Å². The van der Waals surface area contributed by atoms with Crippen LogP contribution in [0, 0.1) is 13.8 Å². The molecule has 2 N–H and O–H groups in total. The number of thiophene rings is 1. The van der Waals surface area contributed by atoms with Crippen LogP contribution in [0.15, 0.2) is 17.1 Å². The van der Waals surface area contributed by atoms with Crippen LogP contribution in [0.5, 0.6) is 0 Å². The number of nitrogens with one attached hydrogen (secondary N) is 2. The van der Waals surface area contributed by atoms with Gasteiger partial charge in [0.25, 0.3) is 0 Å². The first-order valence-electron chi connectivity index (χ1n) is 8.11.